The van der Waals surface area contributed by atoms with Crippen LogP contribution in [0.15, 0.2) is 49.1 Å². The summed E-state index contributed by atoms with van der Waals surface area (Å²) in [4.78, 5) is 19.2. The van der Waals surface area contributed by atoms with Crippen molar-refractivity contribution in [3.05, 3.63) is 65.7 Å². The zero-order valence-electron chi connectivity index (χ0n) is 16.5. The molecule has 0 atom stereocenters. The van der Waals surface area contributed by atoms with Crippen molar-refractivity contribution in [3.8, 4) is 5.69 Å². The number of hydrogen-bond acceptors (Lipinski definition) is 6. The number of carbonyl (C=O) groups is 1. The fraction of sp³-hybridized carbons (Fsp3) is 0.333. The third-order valence-corrected chi connectivity index (χ3v) is 4.88. The van der Waals surface area contributed by atoms with E-state index in [1.165, 1.54) is 11.8 Å². The number of aliphatic hydroxyl groups is 1. The molecule has 1 aromatic carbocycles. The largest absolute Gasteiger partial charge is 0.389 e. The van der Waals surface area contributed by atoms with Gasteiger partial charge in [0.25, 0.3) is 5.91 Å². The Bertz CT molecular complexity index is 1010. The van der Waals surface area contributed by atoms with Crippen LogP contribution in [-0.2, 0) is 13.0 Å². The van der Waals surface area contributed by atoms with E-state index < -0.39 is 5.60 Å². The summed E-state index contributed by atoms with van der Waals surface area (Å²) in [5, 5.41) is 20.8. The average molecular weight is 392 g/mol. The van der Waals surface area contributed by atoms with Gasteiger partial charge < -0.3 is 10.4 Å². The molecule has 0 radical (unpaired) electrons. The second-order valence-corrected chi connectivity index (χ2v) is 7.95. The van der Waals surface area contributed by atoms with Gasteiger partial charge in [-0.15, -0.1) is 5.10 Å². The molecule has 1 aliphatic heterocycles. The Kier molecular flexibility index (Phi) is 5.12. The van der Waals surface area contributed by atoms with E-state index in [-0.39, 0.29) is 5.91 Å². The van der Waals surface area contributed by atoms with Crippen molar-refractivity contribution in [2.24, 2.45) is 0 Å². The number of anilines is 1. The lowest BCUT2D eigenvalue weighted by molar-refractivity contribution is 0.0318. The van der Waals surface area contributed by atoms with E-state index in [1.807, 2.05) is 26.0 Å². The quantitative estimate of drug-likeness (QED) is 0.690. The fourth-order valence-electron chi connectivity index (χ4n) is 3.68. The van der Waals surface area contributed by atoms with Crippen LogP contribution in [0.4, 0.5) is 5.69 Å². The number of aromatic nitrogens is 4. The SMILES string of the molecule is CC(C)(O)CN1CCc2c(cccc2NC(=O)c2cncc(-n3ccnn3)c2)C1. The lowest BCUT2D eigenvalue weighted by Gasteiger charge is -2.33. The minimum Gasteiger partial charge on any atom is -0.389 e. The van der Waals surface area contributed by atoms with Crippen LogP contribution in [0.3, 0.4) is 0 Å². The minimum absolute atomic E-state index is 0.216. The van der Waals surface area contributed by atoms with Crippen LogP contribution in [-0.4, -0.2) is 54.6 Å². The van der Waals surface area contributed by atoms with E-state index in [1.54, 1.807) is 29.3 Å². The molecule has 0 aliphatic carbocycles. The summed E-state index contributed by atoms with van der Waals surface area (Å²) in [7, 11) is 0. The van der Waals surface area contributed by atoms with Gasteiger partial charge in [-0.3, -0.25) is 14.7 Å². The van der Waals surface area contributed by atoms with Crippen LogP contribution in [0.5, 0.6) is 0 Å². The van der Waals surface area contributed by atoms with Crippen molar-refractivity contribution >= 4 is 11.6 Å². The van der Waals surface area contributed by atoms with Gasteiger partial charge in [-0.2, -0.15) is 0 Å². The molecule has 29 heavy (non-hydrogen) atoms. The molecule has 0 bridgehead atoms. The Labute approximate surface area is 169 Å². The van der Waals surface area contributed by atoms with Crippen LogP contribution >= 0.6 is 0 Å². The van der Waals surface area contributed by atoms with Crippen LogP contribution in [0, 0.1) is 0 Å². The number of hydrogen-bond donors (Lipinski definition) is 2. The zero-order chi connectivity index (χ0) is 20.4. The van der Waals surface area contributed by atoms with Crippen molar-refractivity contribution < 1.29 is 9.90 Å². The first-order valence-corrected chi connectivity index (χ1v) is 9.58. The van der Waals surface area contributed by atoms with E-state index in [2.05, 4.69) is 31.6 Å². The molecule has 0 spiro atoms. The Hall–Kier alpha value is -3.10. The van der Waals surface area contributed by atoms with Gasteiger partial charge in [0.2, 0.25) is 0 Å². The highest BCUT2D eigenvalue weighted by Gasteiger charge is 2.24. The standard InChI is InChI=1S/C21H24N6O2/c1-21(2,29)14-26-8-6-18-15(13-26)4-3-5-19(18)24-20(28)16-10-17(12-22-11-16)27-9-7-23-25-27/h3-5,7,9-12,29H,6,8,13-14H2,1-2H3,(H,24,28). The van der Waals surface area contributed by atoms with Crippen LogP contribution < -0.4 is 5.32 Å². The number of nitrogens with zero attached hydrogens (tertiary/aromatic N) is 5. The van der Waals surface area contributed by atoms with Crippen molar-refractivity contribution in [2.75, 3.05) is 18.4 Å². The third kappa shape index (κ3) is 4.49. The van der Waals surface area contributed by atoms with Crippen molar-refractivity contribution in [3.63, 3.8) is 0 Å². The third-order valence-electron chi connectivity index (χ3n) is 4.88. The second kappa shape index (κ2) is 7.73. The highest BCUT2D eigenvalue weighted by atomic mass is 16.3. The average Bonchev–Trinajstić information content (AvgIpc) is 3.22. The topological polar surface area (TPSA) is 96.2 Å². The van der Waals surface area contributed by atoms with Gasteiger partial charge in [-0.25, -0.2) is 4.68 Å². The number of benzene rings is 1. The molecule has 0 saturated carbocycles. The van der Waals surface area contributed by atoms with E-state index in [4.69, 9.17) is 0 Å². The zero-order valence-corrected chi connectivity index (χ0v) is 16.5. The first-order chi connectivity index (χ1) is 13.9. The summed E-state index contributed by atoms with van der Waals surface area (Å²) in [6.45, 7) is 5.85. The molecule has 4 rings (SSSR count). The van der Waals surface area contributed by atoms with E-state index >= 15 is 0 Å². The normalized spacial score (nSPS) is 14.4. The van der Waals surface area contributed by atoms with E-state index in [0.717, 1.165) is 30.8 Å². The number of pyridine rings is 1. The Balaban J connectivity index is 1.52. The van der Waals surface area contributed by atoms with E-state index in [0.29, 0.717) is 17.8 Å². The van der Waals surface area contributed by atoms with Gasteiger partial charge >= 0.3 is 0 Å². The molecule has 8 nitrogen and oxygen atoms in total. The number of β-amino-alcohol motifs (C(OH)–C–C–N with tert-alkyl or cyclic N) is 1. The number of amides is 1. The first-order valence-electron chi connectivity index (χ1n) is 9.58. The van der Waals surface area contributed by atoms with Crippen molar-refractivity contribution in [2.45, 2.75) is 32.4 Å². The first kappa shape index (κ1) is 19.2. The second-order valence-electron chi connectivity index (χ2n) is 7.95. The maximum atomic E-state index is 12.8. The summed E-state index contributed by atoms with van der Waals surface area (Å²) in [5.74, 6) is -0.216. The molecule has 0 fully saturated rings. The lowest BCUT2D eigenvalue weighted by atomic mass is 9.96. The summed E-state index contributed by atoms with van der Waals surface area (Å²) in [5.41, 5.74) is 3.54. The van der Waals surface area contributed by atoms with Gasteiger partial charge in [-0.1, -0.05) is 17.3 Å². The highest BCUT2D eigenvalue weighted by Crippen LogP contribution is 2.27. The molecule has 0 unspecified atom stereocenters. The number of nitrogens with one attached hydrogen (secondary N) is 1. The Morgan fingerprint density at radius 1 is 1.31 bits per heavy atom. The molecular weight excluding hydrogens is 368 g/mol. The molecular formula is C21H24N6O2. The predicted molar refractivity (Wildman–Crippen MR) is 109 cm³/mol. The summed E-state index contributed by atoms with van der Waals surface area (Å²) in [6, 6.07) is 7.69. The minimum atomic E-state index is -0.731. The van der Waals surface area contributed by atoms with Gasteiger partial charge in [0.05, 0.1) is 35.4 Å². The maximum Gasteiger partial charge on any atom is 0.257 e. The molecule has 8 heteroatoms. The van der Waals surface area contributed by atoms with Gasteiger partial charge in [-0.05, 0) is 43.5 Å². The molecule has 0 saturated heterocycles. The highest BCUT2D eigenvalue weighted by molar-refractivity contribution is 6.04. The smallest absolute Gasteiger partial charge is 0.257 e. The lowest BCUT2D eigenvalue weighted by Crippen LogP contribution is -2.41. The van der Waals surface area contributed by atoms with Crippen LogP contribution in [0.2, 0.25) is 0 Å². The molecule has 1 aliphatic rings. The van der Waals surface area contributed by atoms with Crippen LogP contribution in [0.25, 0.3) is 5.69 Å². The summed E-state index contributed by atoms with van der Waals surface area (Å²) in [6.07, 6.45) is 7.26. The van der Waals surface area contributed by atoms with Crippen LogP contribution in [0.1, 0.15) is 35.3 Å². The van der Waals surface area contributed by atoms with Gasteiger partial charge in [0.15, 0.2) is 0 Å². The van der Waals surface area contributed by atoms with Gasteiger partial charge in [0, 0.05) is 31.5 Å². The summed E-state index contributed by atoms with van der Waals surface area (Å²) < 4.78 is 1.56. The molecule has 2 N–H and O–H groups in total. The predicted octanol–water partition coefficient (Wildman–Crippen LogP) is 2.04. The molecule has 1 amide bonds. The van der Waals surface area contributed by atoms with Crippen molar-refractivity contribution in [1.82, 2.24) is 24.9 Å². The number of fused-ring (bicyclic) bond motifs is 1. The summed E-state index contributed by atoms with van der Waals surface area (Å²) >= 11 is 0. The Morgan fingerprint density at radius 3 is 2.93 bits per heavy atom. The number of carbonyl (C=O) groups excluding carboxylic acids is 1. The van der Waals surface area contributed by atoms with Gasteiger partial charge in [0.1, 0.15) is 0 Å². The molecule has 2 aromatic heterocycles. The maximum absolute atomic E-state index is 12.8. The van der Waals surface area contributed by atoms with Crippen molar-refractivity contribution in [1.29, 1.82) is 0 Å². The Morgan fingerprint density at radius 2 is 2.17 bits per heavy atom. The molecule has 150 valence electrons. The number of rotatable bonds is 5. The monoisotopic (exact) mass is 392 g/mol. The molecule has 3 heterocycles. The molecule has 3 aromatic rings. The van der Waals surface area contributed by atoms with E-state index in [9.17, 15) is 9.90 Å². The fourth-order valence-corrected chi connectivity index (χ4v) is 3.68.